The van der Waals surface area contributed by atoms with Gasteiger partial charge in [0, 0.05) is 36.4 Å². The van der Waals surface area contributed by atoms with Crippen molar-refractivity contribution in [1.82, 2.24) is 4.90 Å². The molecule has 0 bridgehead atoms. The van der Waals surface area contributed by atoms with Crippen molar-refractivity contribution in [1.29, 1.82) is 0 Å². The lowest BCUT2D eigenvalue weighted by molar-refractivity contribution is -0.136. The average Bonchev–Trinajstić information content (AvgIpc) is 3.06. The number of hydrogen-bond donors (Lipinski definition) is 2. The molecule has 1 atom stereocenters. The second-order valence-corrected chi connectivity index (χ2v) is 14.8. The fourth-order valence-corrected chi connectivity index (χ4v) is 7.66. The summed E-state index contributed by atoms with van der Waals surface area (Å²) < 4.78 is 2.26. The number of aliphatic carboxylic acids is 1. The number of amides is 1. The minimum absolute atomic E-state index is 0.0473. The topological polar surface area (TPSA) is 81.1 Å². The highest BCUT2D eigenvalue weighted by molar-refractivity contribution is 7.99. The van der Waals surface area contributed by atoms with Gasteiger partial charge in [0.2, 0.25) is 0 Å². The number of aliphatic hydroxyl groups is 1. The molecule has 0 radical (unpaired) electrons. The van der Waals surface area contributed by atoms with Gasteiger partial charge in [0.15, 0.2) is 0 Å². The van der Waals surface area contributed by atoms with E-state index in [1.165, 1.54) is 11.1 Å². The Balaban J connectivity index is 0.000000840. The van der Waals surface area contributed by atoms with E-state index < -0.39 is 11.6 Å². The lowest BCUT2D eigenvalue weighted by atomic mass is 9.80. The maximum absolute atomic E-state index is 14.0. The third-order valence-corrected chi connectivity index (χ3v) is 9.91. The van der Waals surface area contributed by atoms with Crippen LogP contribution in [-0.4, -0.2) is 51.9 Å². The molecule has 1 amide bonds. The van der Waals surface area contributed by atoms with Crippen LogP contribution in [0.2, 0.25) is 0 Å². The Hall–Kier alpha value is -4.07. The number of anilines is 1. The zero-order valence-corrected chi connectivity index (χ0v) is 30.1. The van der Waals surface area contributed by atoms with Crippen molar-refractivity contribution in [2.75, 3.05) is 23.7 Å². The highest BCUT2D eigenvalue weighted by Gasteiger charge is 2.32. The second kappa shape index (κ2) is 14.6. The molecule has 0 aliphatic carbocycles. The zero-order chi connectivity index (χ0) is 34.7. The molecule has 0 spiro atoms. The van der Waals surface area contributed by atoms with Gasteiger partial charge in [-0.2, -0.15) is 0 Å². The molecule has 0 unspecified atom stereocenters. The van der Waals surface area contributed by atoms with Crippen molar-refractivity contribution >= 4 is 29.5 Å². The fraction of sp³-hybridized carbons (Fsp3) is 0.366. The van der Waals surface area contributed by atoms with Crippen molar-refractivity contribution in [3.8, 4) is 22.3 Å². The van der Waals surface area contributed by atoms with E-state index in [-0.39, 0.29) is 12.3 Å². The zero-order valence-electron chi connectivity index (χ0n) is 29.3. The number of nitrogens with zero attached hydrogens (tertiary/aromatic N) is 2. The number of piperidine rings is 1. The SMILES string of the molecule is CC(C)(C)O.CSN1Cc2ccc(C(=O)N3CCC[C@@H](c4ccccc4)C3)cc2-c2c(C)c(-c3ccc(C)cc3)c(CC(=O)O)c(C)c21. The highest BCUT2D eigenvalue weighted by atomic mass is 32.2. The van der Waals surface area contributed by atoms with Gasteiger partial charge < -0.3 is 19.4 Å². The van der Waals surface area contributed by atoms with E-state index in [9.17, 15) is 14.7 Å². The number of carboxylic acid groups (broad SMARTS) is 1. The number of likely N-dealkylation sites (tertiary alicyclic amines) is 1. The molecule has 6 rings (SSSR count). The molecule has 0 aromatic heterocycles. The van der Waals surface area contributed by atoms with Crippen LogP contribution in [0.15, 0.2) is 72.8 Å². The molecule has 2 heterocycles. The van der Waals surface area contributed by atoms with Gasteiger partial charge in [-0.15, -0.1) is 0 Å². The van der Waals surface area contributed by atoms with Crippen LogP contribution < -0.4 is 4.31 Å². The number of hydrogen-bond acceptors (Lipinski definition) is 5. The summed E-state index contributed by atoms with van der Waals surface area (Å²) in [5.41, 5.74) is 11.9. The monoisotopic (exact) mass is 664 g/mol. The lowest BCUT2D eigenvalue weighted by Crippen LogP contribution is -2.39. The van der Waals surface area contributed by atoms with E-state index in [4.69, 9.17) is 5.11 Å². The molecule has 6 nitrogen and oxygen atoms in total. The van der Waals surface area contributed by atoms with E-state index in [1.807, 2.05) is 17.0 Å². The Morgan fingerprint density at radius 1 is 0.917 bits per heavy atom. The van der Waals surface area contributed by atoms with Crippen LogP contribution >= 0.6 is 11.9 Å². The third kappa shape index (κ3) is 7.79. The molecule has 1 fully saturated rings. The van der Waals surface area contributed by atoms with Gasteiger partial charge in [0.1, 0.15) is 0 Å². The van der Waals surface area contributed by atoms with Crippen LogP contribution in [0, 0.1) is 20.8 Å². The number of fused-ring (bicyclic) bond motifs is 3. The number of carbonyl (C=O) groups is 2. The van der Waals surface area contributed by atoms with Gasteiger partial charge in [-0.1, -0.05) is 78.2 Å². The Morgan fingerprint density at radius 3 is 2.21 bits per heavy atom. The predicted molar refractivity (Wildman–Crippen MR) is 199 cm³/mol. The number of rotatable bonds is 6. The van der Waals surface area contributed by atoms with Crippen LogP contribution in [0.3, 0.4) is 0 Å². The first-order valence-electron chi connectivity index (χ1n) is 16.7. The minimum Gasteiger partial charge on any atom is -0.481 e. The quantitative estimate of drug-likeness (QED) is 0.200. The van der Waals surface area contributed by atoms with E-state index in [1.54, 1.807) is 32.7 Å². The summed E-state index contributed by atoms with van der Waals surface area (Å²) in [6.45, 7) is 13.6. The number of carbonyl (C=O) groups excluding carboxylic acids is 1. The third-order valence-electron chi connectivity index (χ3n) is 9.15. The van der Waals surface area contributed by atoms with Crippen molar-refractivity contribution < 1.29 is 19.8 Å². The molecular formula is C41H48N2O4S. The van der Waals surface area contributed by atoms with Crippen LogP contribution in [0.4, 0.5) is 5.69 Å². The summed E-state index contributed by atoms with van der Waals surface area (Å²) in [7, 11) is 0. The Kier molecular flexibility index (Phi) is 10.7. The highest BCUT2D eigenvalue weighted by Crippen LogP contribution is 2.50. The Labute approximate surface area is 289 Å². The number of carboxylic acids is 1. The standard InChI is InChI=1S/C37H38N2O3S.C4H10O/c1-23-12-14-27(15-13-23)34-25(3)35-32-19-28(37(42)38-18-8-11-29(21-38)26-9-6-5-7-10-26)16-17-30(32)22-39(43-4)36(35)24(2)31(34)20-33(40)41;1-4(2,3)5/h5-7,9-10,12-17,19,29H,8,11,18,20-22H2,1-4H3,(H,40,41);5H,1-3H3/t29-;/m1./s1. The van der Waals surface area contributed by atoms with E-state index in [0.29, 0.717) is 18.0 Å². The van der Waals surface area contributed by atoms with E-state index in [0.717, 1.165) is 76.1 Å². The molecule has 2 aliphatic rings. The lowest BCUT2D eigenvalue weighted by Gasteiger charge is -2.36. The van der Waals surface area contributed by atoms with Crippen molar-refractivity contribution in [2.45, 2.75) is 78.9 Å². The molecule has 4 aromatic carbocycles. The molecule has 1 saturated heterocycles. The van der Waals surface area contributed by atoms with Gasteiger partial charge in [-0.05, 0) is 111 Å². The van der Waals surface area contributed by atoms with Gasteiger partial charge in [-0.25, -0.2) is 0 Å². The van der Waals surface area contributed by atoms with Gasteiger partial charge in [0.05, 0.1) is 24.3 Å². The summed E-state index contributed by atoms with van der Waals surface area (Å²) in [5.74, 6) is -0.416. The summed E-state index contributed by atoms with van der Waals surface area (Å²) in [6, 6.07) is 25.0. The predicted octanol–water partition coefficient (Wildman–Crippen LogP) is 8.97. The maximum atomic E-state index is 14.0. The van der Waals surface area contributed by atoms with Gasteiger partial charge in [-0.3, -0.25) is 9.59 Å². The average molecular weight is 665 g/mol. The molecule has 4 aromatic rings. The Bertz CT molecular complexity index is 1790. The smallest absolute Gasteiger partial charge is 0.307 e. The molecular weight excluding hydrogens is 617 g/mol. The fourth-order valence-electron chi connectivity index (χ4n) is 6.98. The van der Waals surface area contributed by atoms with Crippen LogP contribution in [0.5, 0.6) is 0 Å². The molecule has 252 valence electrons. The largest absolute Gasteiger partial charge is 0.481 e. The maximum Gasteiger partial charge on any atom is 0.307 e. The summed E-state index contributed by atoms with van der Waals surface area (Å²) in [5, 5.41) is 18.5. The number of aryl methyl sites for hydroxylation is 1. The summed E-state index contributed by atoms with van der Waals surface area (Å²) in [6.07, 6.45) is 4.10. The normalized spacial score (nSPS) is 15.6. The first kappa shape index (κ1) is 35.2. The molecule has 2 aliphatic heterocycles. The van der Waals surface area contributed by atoms with Crippen LogP contribution in [0.25, 0.3) is 22.3 Å². The molecule has 7 heteroatoms. The summed E-state index contributed by atoms with van der Waals surface area (Å²) in [4.78, 5) is 28.1. The Morgan fingerprint density at radius 2 is 1.58 bits per heavy atom. The van der Waals surface area contributed by atoms with E-state index in [2.05, 4.69) is 92.0 Å². The molecule has 48 heavy (non-hydrogen) atoms. The van der Waals surface area contributed by atoms with Gasteiger partial charge in [0.25, 0.3) is 5.91 Å². The first-order chi connectivity index (χ1) is 22.8. The van der Waals surface area contributed by atoms with Crippen LogP contribution in [-0.2, 0) is 17.8 Å². The molecule has 2 N–H and O–H groups in total. The molecule has 0 saturated carbocycles. The van der Waals surface area contributed by atoms with Crippen molar-refractivity contribution in [3.05, 3.63) is 112 Å². The van der Waals surface area contributed by atoms with Crippen molar-refractivity contribution in [2.24, 2.45) is 0 Å². The second-order valence-electron chi connectivity index (χ2n) is 14.0. The van der Waals surface area contributed by atoms with Gasteiger partial charge >= 0.3 is 5.97 Å². The first-order valence-corrected chi connectivity index (χ1v) is 17.9. The minimum atomic E-state index is -0.842. The van der Waals surface area contributed by atoms with E-state index >= 15 is 0 Å². The van der Waals surface area contributed by atoms with Crippen molar-refractivity contribution in [3.63, 3.8) is 0 Å². The number of benzene rings is 4. The van der Waals surface area contributed by atoms with Crippen LogP contribution in [0.1, 0.15) is 83.3 Å². The summed E-state index contributed by atoms with van der Waals surface area (Å²) >= 11 is 1.65.